The van der Waals surface area contributed by atoms with Crippen molar-refractivity contribution in [3.05, 3.63) is 22.8 Å². The third kappa shape index (κ3) is 3.83. The predicted molar refractivity (Wildman–Crippen MR) is 76.6 cm³/mol. The summed E-state index contributed by atoms with van der Waals surface area (Å²) in [5.41, 5.74) is 1.13. The first-order chi connectivity index (χ1) is 9.31. The summed E-state index contributed by atoms with van der Waals surface area (Å²) in [4.78, 5) is 4.38. The molecule has 19 heavy (non-hydrogen) atoms. The van der Waals surface area contributed by atoms with Gasteiger partial charge in [0.1, 0.15) is 11.1 Å². The molecule has 0 radical (unpaired) electrons. The predicted octanol–water partition coefficient (Wildman–Crippen LogP) is 3.70. The Bertz CT molecular complexity index is 428. The fourth-order valence-corrected chi connectivity index (χ4v) is 2.77. The fourth-order valence-electron chi connectivity index (χ4n) is 2.54. The van der Waals surface area contributed by atoms with Gasteiger partial charge in [-0.15, -0.1) is 0 Å². The molecule has 2 saturated carbocycles. The van der Waals surface area contributed by atoms with Crippen molar-refractivity contribution >= 4 is 11.6 Å². The quantitative estimate of drug-likeness (QED) is 0.893. The number of hydrogen-bond donors (Lipinski definition) is 1. The van der Waals surface area contributed by atoms with Crippen LogP contribution in [-0.2, 0) is 6.54 Å². The number of nitrogens with one attached hydrogen (secondary N) is 1. The Morgan fingerprint density at radius 2 is 2.00 bits per heavy atom. The molecule has 2 aliphatic rings. The zero-order valence-electron chi connectivity index (χ0n) is 11.2. The van der Waals surface area contributed by atoms with Crippen LogP contribution in [0.2, 0.25) is 5.02 Å². The Labute approximate surface area is 119 Å². The van der Waals surface area contributed by atoms with Crippen molar-refractivity contribution < 1.29 is 4.74 Å². The van der Waals surface area contributed by atoms with Crippen LogP contribution in [0.4, 0.5) is 0 Å². The minimum atomic E-state index is 0.300. The molecule has 0 bridgehead atoms. The smallest absolute Gasteiger partial charge is 0.232 e. The summed E-state index contributed by atoms with van der Waals surface area (Å²) in [6.45, 7) is 0.848. The molecule has 0 spiro atoms. The second-order valence-corrected chi connectivity index (χ2v) is 6.07. The van der Waals surface area contributed by atoms with Crippen molar-refractivity contribution in [2.24, 2.45) is 0 Å². The SMILES string of the molecule is Clc1cc(CNC2CC2)cnc1OC1CCCCC1. The van der Waals surface area contributed by atoms with Gasteiger partial charge in [0.05, 0.1) is 0 Å². The molecule has 3 rings (SSSR count). The number of rotatable bonds is 5. The minimum absolute atomic E-state index is 0.300. The second-order valence-electron chi connectivity index (χ2n) is 5.66. The summed E-state index contributed by atoms with van der Waals surface area (Å²) >= 11 is 6.26. The van der Waals surface area contributed by atoms with Gasteiger partial charge in [0, 0.05) is 18.8 Å². The summed E-state index contributed by atoms with van der Waals surface area (Å²) in [6.07, 6.45) is 10.9. The largest absolute Gasteiger partial charge is 0.473 e. The van der Waals surface area contributed by atoms with Gasteiger partial charge in [-0.1, -0.05) is 18.0 Å². The van der Waals surface area contributed by atoms with Gasteiger partial charge in [-0.3, -0.25) is 0 Å². The van der Waals surface area contributed by atoms with Crippen LogP contribution < -0.4 is 10.1 Å². The van der Waals surface area contributed by atoms with Crippen molar-refractivity contribution in [1.82, 2.24) is 10.3 Å². The van der Waals surface area contributed by atoms with E-state index in [1.54, 1.807) is 0 Å². The van der Waals surface area contributed by atoms with Gasteiger partial charge >= 0.3 is 0 Å². The van der Waals surface area contributed by atoms with Crippen molar-refractivity contribution in [3.8, 4) is 5.88 Å². The maximum atomic E-state index is 6.26. The van der Waals surface area contributed by atoms with E-state index in [-0.39, 0.29) is 0 Å². The highest BCUT2D eigenvalue weighted by Crippen LogP contribution is 2.28. The van der Waals surface area contributed by atoms with Gasteiger partial charge in [0.15, 0.2) is 0 Å². The van der Waals surface area contributed by atoms with Gasteiger partial charge in [-0.05, 0) is 50.2 Å². The molecule has 0 saturated heterocycles. The molecule has 2 aliphatic carbocycles. The number of aromatic nitrogens is 1. The van der Waals surface area contributed by atoms with Gasteiger partial charge in [-0.25, -0.2) is 4.98 Å². The van der Waals surface area contributed by atoms with E-state index in [2.05, 4.69) is 10.3 Å². The minimum Gasteiger partial charge on any atom is -0.473 e. The lowest BCUT2D eigenvalue weighted by molar-refractivity contribution is 0.149. The lowest BCUT2D eigenvalue weighted by atomic mass is 9.98. The topological polar surface area (TPSA) is 34.2 Å². The van der Waals surface area contributed by atoms with E-state index < -0.39 is 0 Å². The van der Waals surface area contributed by atoms with E-state index in [1.807, 2.05) is 12.3 Å². The summed E-state index contributed by atoms with van der Waals surface area (Å²) in [6, 6.07) is 2.68. The van der Waals surface area contributed by atoms with Gasteiger partial charge in [0.25, 0.3) is 0 Å². The first kappa shape index (κ1) is 13.2. The molecular formula is C15H21ClN2O. The maximum absolute atomic E-state index is 6.26. The standard InChI is InChI=1S/C15H21ClN2O/c16-14-8-11(9-17-12-6-7-12)10-18-15(14)19-13-4-2-1-3-5-13/h8,10,12-13,17H,1-7,9H2. The van der Waals surface area contributed by atoms with E-state index in [9.17, 15) is 0 Å². The van der Waals surface area contributed by atoms with E-state index in [1.165, 1.54) is 32.1 Å². The molecule has 1 N–H and O–H groups in total. The van der Waals surface area contributed by atoms with Crippen molar-refractivity contribution in [3.63, 3.8) is 0 Å². The van der Waals surface area contributed by atoms with Crippen molar-refractivity contribution in [2.45, 2.75) is 63.6 Å². The molecule has 1 heterocycles. The molecule has 3 nitrogen and oxygen atoms in total. The Morgan fingerprint density at radius 3 is 2.68 bits per heavy atom. The zero-order valence-corrected chi connectivity index (χ0v) is 12.0. The number of hydrogen-bond acceptors (Lipinski definition) is 3. The fraction of sp³-hybridized carbons (Fsp3) is 0.667. The summed E-state index contributed by atoms with van der Waals surface area (Å²) in [5.74, 6) is 0.601. The molecule has 4 heteroatoms. The molecule has 2 fully saturated rings. The number of ether oxygens (including phenoxy) is 1. The highest BCUT2D eigenvalue weighted by Gasteiger charge is 2.20. The average Bonchev–Trinajstić information content (AvgIpc) is 3.25. The third-order valence-corrected chi connectivity index (χ3v) is 4.14. The molecule has 0 amide bonds. The Morgan fingerprint density at radius 1 is 1.21 bits per heavy atom. The van der Waals surface area contributed by atoms with E-state index in [0.717, 1.165) is 24.9 Å². The Kier molecular flexibility index (Phi) is 4.24. The molecule has 0 unspecified atom stereocenters. The Hall–Kier alpha value is -0.800. The van der Waals surface area contributed by atoms with Crippen LogP contribution in [0.3, 0.4) is 0 Å². The van der Waals surface area contributed by atoms with Crippen LogP contribution in [0.25, 0.3) is 0 Å². The van der Waals surface area contributed by atoms with E-state index in [4.69, 9.17) is 16.3 Å². The van der Waals surface area contributed by atoms with Crippen molar-refractivity contribution in [1.29, 1.82) is 0 Å². The van der Waals surface area contributed by atoms with Crippen LogP contribution in [0, 0.1) is 0 Å². The molecule has 0 aliphatic heterocycles. The molecule has 0 aromatic carbocycles. The second kappa shape index (κ2) is 6.10. The van der Waals surface area contributed by atoms with E-state index >= 15 is 0 Å². The van der Waals surface area contributed by atoms with Crippen LogP contribution in [0.15, 0.2) is 12.3 Å². The van der Waals surface area contributed by atoms with Crippen LogP contribution in [0.1, 0.15) is 50.5 Å². The molecule has 104 valence electrons. The van der Waals surface area contributed by atoms with Crippen LogP contribution in [0.5, 0.6) is 5.88 Å². The highest BCUT2D eigenvalue weighted by molar-refractivity contribution is 6.31. The first-order valence-electron chi connectivity index (χ1n) is 7.36. The monoisotopic (exact) mass is 280 g/mol. The lowest BCUT2D eigenvalue weighted by Gasteiger charge is -2.22. The average molecular weight is 281 g/mol. The normalized spacial score (nSPS) is 20.5. The third-order valence-electron chi connectivity index (χ3n) is 3.87. The number of halogens is 1. The van der Waals surface area contributed by atoms with E-state index in [0.29, 0.717) is 23.0 Å². The van der Waals surface area contributed by atoms with Gasteiger partial charge in [-0.2, -0.15) is 0 Å². The summed E-state index contributed by atoms with van der Waals surface area (Å²) in [5, 5.41) is 4.10. The molecular weight excluding hydrogens is 260 g/mol. The van der Waals surface area contributed by atoms with Gasteiger partial charge < -0.3 is 10.1 Å². The zero-order chi connectivity index (χ0) is 13.1. The maximum Gasteiger partial charge on any atom is 0.232 e. The number of pyridine rings is 1. The molecule has 0 atom stereocenters. The molecule has 1 aromatic rings. The summed E-state index contributed by atoms with van der Waals surface area (Å²) < 4.78 is 5.92. The molecule has 1 aromatic heterocycles. The van der Waals surface area contributed by atoms with Gasteiger partial charge in [0.2, 0.25) is 5.88 Å². The van der Waals surface area contributed by atoms with Crippen molar-refractivity contribution in [2.75, 3.05) is 0 Å². The lowest BCUT2D eigenvalue weighted by Crippen LogP contribution is -2.20. The Balaban J connectivity index is 1.58. The first-order valence-corrected chi connectivity index (χ1v) is 7.73. The highest BCUT2D eigenvalue weighted by atomic mass is 35.5. The van der Waals surface area contributed by atoms with Crippen LogP contribution >= 0.6 is 11.6 Å². The summed E-state index contributed by atoms with van der Waals surface area (Å²) in [7, 11) is 0. The number of nitrogens with zero attached hydrogens (tertiary/aromatic N) is 1. The van der Waals surface area contributed by atoms with Crippen LogP contribution in [-0.4, -0.2) is 17.1 Å².